The second-order valence-electron chi connectivity index (χ2n) is 12.8. The molecule has 2 aliphatic heterocycles. The van der Waals surface area contributed by atoms with Crippen LogP contribution in [-0.2, 0) is 24.1 Å². The van der Waals surface area contributed by atoms with E-state index in [1.807, 2.05) is 26.8 Å². The van der Waals surface area contributed by atoms with Crippen LogP contribution < -0.4 is 9.80 Å². The predicted molar refractivity (Wildman–Crippen MR) is 159 cm³/mol. The molecule has 1 amide bonds. The monoisotopic (exact) mass is 544 g/mol. The van der Waals surface area contributed by atoms with Crippen molar-refractivity contribution in [1.82, 2.24) is 14.4 Å². The zero-order valence-corrected chi connectivity index (χ0v) is 24.1. The molecule has 3 heterocycles. The maximum atomic E-state index is 12.8. The number of ether oxygens (including phenoxy) is 1. The van der Waals surface area contributed by atoms with E-state index in [2.05, 4.69) is 40.4 Å². The number of amides is 1. The van der Waals surface area contributed by atoms with Crippen LogP contribution in [0.25, 0.3) is 17.3 Å². The van der Waals surface area contributed by atoms with Crippen LogP contribution in [0.3, 0.4) is 0 Å². The lowest BCUT2D eigenvalue weighted by atomic mass is 9.79. The number of allylic oxidation sites excluding steroid dienone is 2. The molecule has 6 rings (SSSR count). The molecule has 1 atom stereocenters. The number of hydrogen-bond acceptors (Lipinski definition) is 3. The van der Waals surface area contributed by atoms with Gasteiger partial charge < -0.3 is 19.7 Å². The predicted octanol–water partition coefficient (Wildman–Crippen LogP) is 6.78. The van der Waals surface area contributed by atoms with Gasteiger partial charge in [0.1, 0.15) is 18.7 Å². The topological polar surface area (TPSA) is 80.6 Å². The number of fused-ring (bicyclic) bond motifs is 4. The van der Waals surface area contributed by atoms with Crippen LogP contribution in [0.1, 0.15) is 98.0 Å². The maximum Gasteiger partial charge on any atom is 0.407 e. The van der Waals surface area contributed by atoms with Crippen LogP contribution in [0, 0.1) is 0 Å². The molecule has 0 saturated heterocycles. The van der Waals surface area contributed by atoms with Crippen molar-refractivity contribution in [1.29, 1.82) is 0 Å². The van der Waals surface area contributed by atoms with Gasteiger partial charge in [0.05, 0.1) is 36.1 Å². The number of hydrogen-bond donors (Lipinski definition) is 2. The molecule has 0 bridgehead atoms. The highest BCUT2D eigenvalue weighted by Gasteiger charge is 2.43. The minimum Gasteiger partial charge on any atom is -0.478 e. The summed E-state index contributed by atoms with van der Waals surface area (Å²) in [6.45, 7) is 8.29. The third-order valence-corrected chi connectivity index (χ3v) is 9.14. The van der Waals surface area contributed by atoms with E-state index in [4.69, 9.17) is 4.74 Å². The number of carboxylic acid groups (broad SMARTS) is 1. The lowest BCUT2D eigenvalue weighted by Crippen LogP contribution is -2.52. The lowest BCUT2D eigenvalue weighted by molar-refractivity contribution is 0.0524. The summed E-state index contributed by atoms with van der Waals surface area (Å²) >= 11 is 0. The first-order valence-electron chi connectivity index (χ1n) is 15.0. The van der Waals surface area contributed by atoms with Gasteiger partial charge in [0.2, 0.25) is 0 Å². The van der Waals surface area contributed by atoms with Gasteiger partial charge in [-0.2, -0.15) is 0 Å². The quantitative estimate of drug-likeness (QED) is 0.407. The van der Waals surface area contributed by atoms with E-state index >= 15 is 0 Å². The molecule has 0 radical (unpaired) electrons. The Morgan fingerprint density at radius 3 is 2.70 bits per heavy atom. The average Bonchev–Trinajstić information content (AvgIpc) is 3.18. The summed E-state index contributed by atoms with van der Waals surface area (Å²) in [5.41, 5.74) is 7.81. The van der Waals surface area contributed by atoms with Crippen molar-refractivity contribution in [3.8, 4) is 11.3 Å². The molecule has 1 aromatic carbocycles. The number of aromatic carboxylic acids is 1. The normalized spacial score (nSPS) is 21.7. The number of carboxylic acids is 1. The maximum absolute atomic E-state index is 12.8. The summed E-state index contributed by atoms with van der Waals surface area (Å²) in [4.78, 5) is 25.3. The Labute approximate surface area is 237 Å². The highest BCUT2D eigenvalue weighted by Crippen LogP contribution is 2.50. The van der Waals surface area contributed by atoms with Gasteiger partial charge in [0.15, 0.2) is 5.69 Å². The fourth-order valence-corrected chi connectivity index (χ4v) is 7.54. The van der Waals surface area contributed by atoms with Gasteiger partial charge in [-0.05, 0) is 70.1 Å². The van der Waals surface area contributed by atoms with Crippen LogP contribution >= 0.6 is 0 Å². The van der Waals surface area contributed by atoms with Crippen LogP contribution in [0.2, 0.25) is 0 Å². The van der Waals surface area contributed by atoms with Crippen molar-refractivity contribution in [2.75, 3.05) is 19.6 Å². The van der Waals surface area contributed by atoms with Crippen LogP contribution in [-0.4, -0.2) is 47.0 Å². The SMILES string of the molecule is CC(C)(C)OC(=O)NCC[N+]12C=CCc3c(C4CCCCC4)ccc(c31)-c1c(C(=O)O)c3c(n1CC2)CCC=C3. The third-order valence-electron chi connectivity index (χ3n) is 9.14. The van der Waals surface area contributed by atoms with Gasteiger partial charge in [0.25, 0.3) is 0 Å². The highest BCUT2D eigenvalue weighted by atomic mass is 16.6. The van der Waals surface area contributed by atoms with Crippen molar-refractivity contribution in [2.24, 2.45) is 0 Å². The molecule has 7 heteroatoms. The van der Waals surface area contributed by atoms with E-state index in [-0.39, 0.29) is 0 Å². The van der Waals surface area contributed by atoms with Crippen molar-refractivity contribution >= 4 is 23.8 Å². The Balaban J connectivity index is 1.49. The van der Waals surface area contributed by atoms with Crippen molar-refractivity contribution in [3.63, 3.8) is 0 Å². The highest BCUT2D eigenvalue weighted by molar-refractivity contribution is 6.02. The fourth-order valence-electron chi connectivity index (χ4n) is 7.54. The second kappa shape index (κ2) is 10.3. The van der Waals surface area contributed by atoms with E-state index in [0.717, 1.165) is 54.9 Å². The standard InChI is InChI=1S/C33H41N3O4/c1-33(2,3)40-32(39)34-17-20-36-19-9-13-24-23(22-10-5-4-6-11-22)15-16-26(30(24)36)29-28(31(37)38)25-12-7-8-14-27(25)35(29)18-21-36/h7,9,12,15-16,19,22H,4-6,8,10-11,13-14,17-18,20-21H2,1-3H3,(H-,34,37,38,39)/p+1. The summed E-state index contributed by atoms with van der Waals surface area (Å²) in [7, 11) is 0. The largest absolute Gasteiger partial charge is 0.478 e. The summed E-state index contributed by atoms with van der Waals surface area (Å²) in [6.07, 6.45) is 17.2. The average molecular weight is 545 g/mol. The minimum atomic E-state index is -0.861. The Kier molecular flexibility index (Phi) is 6.89. The summed E-state index contributed by atoms with van der Waals surface area (Å²) in [5, 5.41) is 13.5. The Morgan fingerprint density at radius 1 is 1.15 bits per heavy atom. The van der Waals surface area contributed by atoms with E-state index < -0.39 is 17.7 Å². The molecule has 1 saturated carbocycles. The number of nitrogens with one attached hydrogen (secondary N) is 1. The Hall–Kier alpha value is -3.32. The minimum absolute atomic E-state index is 0.404. The van der Waals surface area contributed by atoms with Crippen molar-refractivity contribution < 1.29 is 19.4 Å². The van der Waals surface area contributed by atoms with Crippen LogP contribution in [0.5, 0.6) is 0 Å². The first kappa shape index (κ1) is 26.9. The van der Waals surface area contributed by atoms with Gasteiger partial charge in [-0.25, -0.2) is 9.59 Å². The van der Waals surface area contributed by atoms with E-state index in [1.54, 1.807) is 0 Å². The van der Waals surface area contributed by atoms with Gasteiger partial charge in [-0.1, -0.05) is 37.5 Å². The molecular weight excluding hydrogens is 502 g/mol. The number of carbonyl (C=O) groups is 2. The number of benzene rings is 1. The van der Waals surface area contributed by atoms with E-state index in [1.165, 1.54) is 48.9 Å². The summed E-state index contributed by atoms with van der Waals surface area (Å²) in [5.74, 6) is -0.313. The smallest absolute Gasteiger partial charge is 0.407 e. The first-order chi connectivity index (χ1) is 19.2. The molecule has 2 aromatic rings. The molecule has 2 N–H and O–H groups in total. The molecule has 1 aromatic heterocycles. The molecule has 1 unspecified atom stereocenters. The van der Waals surface area contributed by atoms with E-state index in [0.29, 0.717) is 29.1 Å². The molecule has 40 heavy (non-hydrogen) atoms. The number of rotatable bonds is 5. The number of nitrogens with zero attached hydrogens (tertiary/aromatic N) is 2. The lowest BCUT2D eigenvalue weighted by Gasteiger charge is -2.39. The molecule has 1 fully saturated rings. The number of alkyl carbamates (subject to hydrolysis) is 1. The van der Waals surface area contributed by atoms with Crippen molar-refractivity contribution in [2.45, 2.75) is 90.2 Å². The first-order valence-corrected chi connectivity index (χ1v) is 15.0. The number of carbonyl (C=O) groups excluding carboxylic acids is 1. The molecule has 4 aliphatic rings. The summed E-state index contributed by atoms with van der Waals surface area (Å²) in [6, 6.07) is 4.52. The number of aromatic nitrogens is 1. The summed E-state index contributed by atoms with van der Waals surface area (Å²) < 4.78 is 8.42. The zero-order chi connectivity index (χ0) is 28.1. The molecule has 2 aliphatic carbocycles. The van der Waals surface area contributed by atoms with Crippen molar-refractivity contribution in [3.05, 3.63) is 58.4 Å². The van der Waals surface area contributed by atoms with Crippen LogP contribution in [0.15, 0.2) is 30.5 Å². The molecular formula is C33H42N3O4+. The second-order valence-corrected chi connectivity index (χ2v) is 12.8. The number of quaternary nitrogens is 1. The van der Waals surface area contributed by atoms with Gasteiger partial charge >= 0.3 is 12.1 Å². The molecule has 7 nitrogen and oxygen atoms in total. The Morgan fingerprint density at radius 2 is 1.95 bits per heavy atom. The molecule has 212 valence electrons. The van der Waals surface area contributed by atoms with Gasteiger partial charge in [0, 0.05) is 23.2 Å². The molecule has 0 spiro atoms. The van der Waals surface area contributed by atoms with Gasteiger partial charge in [-0.15, -0.1) is 0 Å². The Bertz CT molecular complexity index is 1400. The van der Waals surface area contributed by atoms with Crippen LogP contribution in [0.4, 0.5) is 10.5 Å². The van der Waals surface area contributed by atoms with E-state index in [9.17, 15) is 14.7 Å². The zero-order valence-electron chi connectivity index (χ0n) is 24.1. The van der Waals surface area contributed by atoms with Gasteiger partial charge in [-0.3, -0.25) is 4.48 Å². The third kappa shape index (κ3) is 4.68. The fraction of sp³-hybridized carbons (Fsp3) is 0.515.